The first kappa shape index (κ1) is 19.2. The average Bonchev–Trinajstić information content (AvgIpc) is 2.47. The van der Waals surface area contributed by atoms with Gasteiger partial charge in [0.2, 0.25) is 0 Å². The van der Waals surface area contributed by atoms with E-state index in [-0.39, 0.29) is 6.10 Å². The van der Waals surface area contributed by atoms with Gasteiger partial charge in [0.1, 0.15) is 0 Å². The first-order chi connectivity index (χ1) is 9.85. The molecule has 0 rings (SSSR count). The quantitative estimate of drug-likeness (QED) is 0.187. The second kappa shape index (κ2) is 16.3. The van der Waals surface area contributed by atoms with E-state index < -0.39 is 0 Å². The number of ether oxygens (including phenoxy) is 2. The third-order valence-electron chi connectivity index (χ3n) is 3.15. The highest BCUT2D eigenvalue weighted by Gasteiger charge is 2.08. The minimum absolute atomic E-state index is 0.0984. The summed E-state index contributed by atoms with van der Waals surface area (Å²) in [5, 5.41) is 3.59. The molecule has 0 radical (unpaired) electrons. The Labute approximate surface area is 123 Å². The Morgan fingerprint density at radius 3 is 2.20 bits per heavy atom. The summed E-state index contributed by atoms with van der Waals surface area (Å²) in [6.45, 7) is 6.77. The average molecular weight is 285 g/mol. The van der Waals surface area contributed by atoms with Gasteiger partial charge in [0.05, 0.1) is 19.3 Å². The summed E-state index contributed by atoms with van der Waals surface area (Å²) < 4.78 is 11.3. The van der Waals surface area contributed by atoms with Gasteiger partial charge >= 0.3 is 0 Å². The van der Waals surface area contributed by atoms with Gasteiger partial charge in [-0.25, -0.2) is 0 Å². The summed E-state index contributed by atoms with van der Waals surface area (Å²) in [6.07, 6.45) is 9.45. The third kappa shape index (κ3) is 13.7. The standard InChI is InChI=1S/C15H31N3O2/c1-3-5-7-9-11-19-14-15(13-17-18-16)20-12-10-8-6-4-2/h15H,3-14H2,1-2H3/t15-/m0/s1. The van der Waals surface area contributed by atoms with E-state index in [1.54, 1.807) is 0 Å². The van der Waals surface area contributed by atoms with E-state index in [0.29, 0.717) is 13.2 Å². The van der Waals surface area contributed by atoms with E-state index in [0.717, 1.165) is 26.1 Å². The summed E-state index contributed by atoms with van der Waals surface area (Å²) in [5.74, 6) is 0. The molecular weight excluding hydrogens is 254 g/mol. The molecular formula is C15H31N3O2. The summed E-state index contributed by atoms with van der Waals surface area (Å²) >= 11 is 0. The zero-order valence-electron chi connectivity index (χ0n) is 13.2. The van der Waals surface area contributed by atoms with Crippen molar-refractivity contribution in [3.63, 3.8) is 0 Å². The monoisotopic (exact) mass is 285 g/mol. The fraction of sp³-hybridized carbons (Fsp3) is 1.00. The Morgan fingerprint density at radius 2 is 1.60 bits per heavy atom. The van der Waals surface area contributed by atoms with Crippen molar-refractivity contribution in [3.05, 3.63) is 10.4 Å². The van der Waals surface area contributed by atoms with Gasteiger partial charge in [-0.2, -0.15) is 0 Å². The van der Waals surface area contributed by atoms with Gasteiger partial charge in [0.15, 0.2) is 0 Å². The smallest absolute Gasteiger partial charge is 0.0864 e. The van der Waals surface area contributed by atoms with Gasteiger partial charge in [0, 0.05) is 18.1 Å². The highest BCUT2D eigenvalue weighted by molar-refractivity contribution is 4.61. The molecule has 5 nitrogen and oxygen atoms in total. The van der Waals surface area contributed by atoms with Gasteiger partial charge < -0.3 is 9.47 Å². The van der Waals surface area contributed by atoms with Gasteiger partial charge in [-0.15, -0.1) is 0 Å². The molecule has 0 aromatic rings. The summed E-state index contributed by atoms with van der Waals surface area (Å²) in [6, 6.07) is 0. The van der Waals surface area contributed by atoms with Crippen molar-refractivity contribution in [1.29, 1.82) is 0 Å². The Hall–Kier alpha value is -0.770. The largest absolute Gasteiger partial charge is 0.379 e. The second-order valence-corrected chi connectivity index (χ2v) is 5.10. The molecule has 0 spiro atoms. The molecule has 0 saturated heterocycles. The van der Waals surface area contributed by atoms with Crippen molar-refractivity contribution in [2.45, 2.75) is 71.3 Å². The molecule has 0 unspecified atom stereocenters. The van der Waals surface area contributed by atoms with Crippen LogP contribution < -0.4 is 0 Å². The van der Waals surface area contributed by atoms with E-state index in [2.05, 4.69) is 23.9 Å². The Morgan fingerprint density at radius 1 is 0.950 bits per heavy atom. The van der Waals surface area contributed by atoms with Crippen molar-refractivity contribution in [3.8, 4) is 0 Å². The molecule has 0 aromatic carbocycles. The van der Waals surface area contributed by atoms with Crippen LogP contribution in [0.3, 0.4) is 0 Å². The van der Waals surface area contributed by atoms with Crippen LogP contribution >= 0.6 is 0 Å². The fourth-order valence-corrected chi connectivity index (χ4v) is 1.91. The van der Waals surface area contributed by atoms with E-state index in [9.17, 15) is 0 Å². The molecule has 0 N–H and O–H groups in total. The molecule has 118 valence electrons. The number of nitrogens with zero attached hydrogens (tertiary/aromatic N) is 3. The summed E-state index contributed by atoms with van der Waals surface area (Å²) in [5.41, 5.74) is 8.39. The molecule has 0 saturated carbocycles. The predicted molar refractivity (Wildman–Crippen MR) is 82.9 cm³/mol. The van der Waals surface area contributed by atoms with Crippen LogP contribution in [-0.4, -0.2) is 32.5 Å². The lowest BCUT2D eigenvalue weighted by Crippen LogP contribution is -2.24. The van der Waals surface area contributed by atoms with Crippen LogP contribution in [0.15, 0.2) is 5.11 Å². The van der Waals surface area contributed by atoms with E-state index in [1.807, 2.05) is 0 Å². The van der Waals surface area contributed by atoms with Crippen LogP contribution in [0, 0.1) is 0 Å². The van der Waals surface area contributed by atoms with Crippen LogP contribution in [0.25, 0.3) is 10.4 Å². The molecule has 1 atom stereocenters. The molecule has 0 amide bonds. The maximum absolute atomic E-state index is 8.39. The Bertz CT molecular complexity index is 243. The lowest BCUT2D eigenvalue weighted by atomic mass is 10.2. The molecule has 0 aliphatic heterocycles. The fourth-order valence-electron chi connectivity index (χ4n) is 1.91. The SMILES string of the molecule is CCCCCCOC[C@H](CN=[N+]=[N-])OCCCCCC. The van der Waals surface area contributed by atoms with Crippen molar-refractivity contribution in [2.24, 2.45) is 5.11 Å². The molecule has 20 heavy (non-hydrogen) atoms. The van der Waals surface area contributed by atoms with Crippen LogP contribution in [-0.2, 0) is 9.47 Å². The lowest BCUT2D eigenvalue weighted by Gasteiger charge is -2.16. The number of unbranched alkanes of at least 4 members (excludes halogenated alkanes) is 6. The Kier molecular flexibility index (Phi) is 15.7. The first-order valence-electron chi connectivity index (χ1n) is 8.05. The van der Waals surface area contributed by atoms with E-state index in [1.165, 1.54) is 38.5 Å². The topological polar surface area (TPSA) is 67.2 Å². The van der Waals surface area contributed by atoms with Gasteiger partial charge in [-0.3, -0.25) is 0 Å². The zero-order valence-corrected chi connectivity index (χ0v) is 13.2. The molecule has 0 aliphatic carbocycles. The maximum Gasteiger partial charge on any atom is 0.0864 e. The van der Waals surface area contributed by atoms with Crippen molar-refractivity contribution in [1.82, 2.24) is 0 Å². The predicted octanol–water partition coefficient (Wildman–Crippen LogP) is 4.86. The number of azide groups is 1. The highest BCUT2D eigenvalue weighted by atomic mass is 16.5. The normalized spacial score (nSPS) is 12.1. The first-order valence-corrected chi connectivity index (χ1v) is 8.05. The lowest BCUT2D eigenvalue weighted by molar-refractivity contribution is -0.0135. The molecule has 0 heterocycles. The molecule has 0 fully saturated rings. The van der Waals surface area contributed by atoms with Crippen LogP contribution in [0.5, 0.6) is 0 Å². The maximum atomic E-state index is 8.39. The van der Waals surface area contributed by atoms with Crippen molar-refractivity contribution >= 4 is 0 Å². The summed E-state index contributed by atoms with van der Waals surface area (Å²) in [4.78, 5) is 2.79. The highest BCUT2D eigenvalue weighted by Crippen LogP contribution is 2.04. The van der Waals surface area contributed by atoms with Crippen LogP contribution in [0.2, 0.25) is 0 Å². The number of hydrogen-bond acceptors (Lipinski definition) is 3. The van der Waals surface area contributed by atoms with Crippen LogP contribution in [0.4, 0.5) is 0 Å². The molecule has 5 heteroatoms. The second-order valence-electron chi connectivity index (χ2n) is 5.10. The van der Waals surface area contributed by atoms with Gasteiger partial charge in [0.25, 0.3) is 0 Å². The van der Waals surface area contributed by atoms with Crippen molar-refractivity contribution < 1.29 is 9.47 Å². The minimum Gasteiger partial charge on any atom is -0.379 e. The Balaban J connectivity index is 3.64. The van der Waals surface area contributed by atoms with Gasteiger partial charge in [-0.1, -0.05) is 57.5 Å². The van der Waals surface area contributed by atoms with E-state index >= 15 is 0 Å². The number of rotatable bonds is 15. The molecule has 0 aromatic heterocycles. The third-order valence-corrected chi connectivity index (χ3v) is 3.15. The van der Waals surface area contributed by atoms with E-state index in [4.69, 9.17) is 15.0 Å². The van der Waals surface area contributed by atoms with Gasteiger partial charge in [-0.05, 0) is 18.4 Å². The van der Waals surface area contributed by atoms with Crippen LogP contribution in [0.1, 0.15) is 65.2 Å². The molecule has 0 bridgehead atoms. The number of hydrogen-bond donors (Lipinski definition) is 0. The molecule has 0 aliphatic rings. The van der Waals surface area contributed by atoms with Crippen molar-refractivity contribution in [2.75, 3.05) is 26.4 Å². The zero-order chi connectivity index (χ0) is 14.9. The summed E-state index contributed by atoms with van der Waals surface area (Å²) in [7, 11) is 0. The minimum atomic E-state index is -0.0984.